The number of benzene rings is 9. The summed E-state index contributed by atoms with van der Waals surface area (Å²) < 4.78 is 0. The van der Waals surface area contributed by atoms with Gasteiger partial charge in [0, 0.05) is 21.9 Å². The fraction of sp³-hybridized carbons (Fsp3) is 0.0370. The third-order valence-corrected chi connectivity index (χ3v) is 11.5. The van der Waals surface area contributed by atoms with Gasteiger partial charge in [0.1, 0.15) is 18.2 Å². The molecule has 0 fully saturated rings. The summed E-state index contributed by atoms with van der Waals surface area (Å²) in [5.74, 6) is 0.862. The van der Waals surface area contributed by atoms with E-state index in [1.54, 1.807) is 0 Å². The highest BCUT2D eigenvalue weighted by molar-refractivity contribution is 6.14. The minimum Gasteiger partial charge on any atom is -0.350 e. The molecular formula is C54H38N4. The van der Waals surface area contributed by atoms with Crippen LogP contribution in [0, 0.1) is 0 Å². The molecule has 2 N–H and O–H groups in total. The summed E-state index contributed by atoms with van der Waals surface area (Å²) in [4.78, 5) is 10.6. The lowest BCUT2D eigenvalue weighted by molar-refractivity contribution is 0.409. The lowest BCUT2D eigenvalue weighted by Gasteiger charge is -2.32. The topological polar surface area (TPSA) is 49.3 Å². The van der Waals surface area contributed by atoms with Crippen molar-refractivity contribution in [2.75, 3.05) is 0 Å². The molecule has 10 aromatic rings. The smallest absolute Gasteiger partial charge is 0.131 e. The van der Waals surface area contributed by atoms with Crippen molar-refractivity contribution in [3.63, 3.8) is 0 Å². The normalized spacial score (nSPS) is 15.4. The van der Waals surface area contributed by atoms with Crippen molar-refractivity contribution in [3.8, 4) is 33.5 Å². The second-order valence-corrected chi connectivity index (χ2v) is 15.0. The number of pyridine rings is 1. The van der Waals surface area contributed by atoms with Crippen molar-refractivity contribution >= 4 is 49.1 Å². The molecule has 2 unspecified atom stereocenters. The summed E-state index contributed by atoms with van der Waals surface area (Å²) >= 11 is 0. The van der Waals surface area contributed by atoms with Crippen molar-refractivity contribution in [1.29, 1.82) is 0 Å². The Hall–Kier alpha value is -7.40. The molecule has 1 aliphatic rings. The first-order valence-corrected chi connectivity index (χ1v) is 19.9. The van der Waals surface area contributed by atoms with Crippen LogP contribution in [-0.4, -0.2) is 10.8 Å². The second kappa shape index (κ2) is 14.3. The number of para-hydroxylation sites is 1. The van der Waals surface area contributed by atoms with Crippen molar-refractivity contribution < 1.29 is 0 Å². The van der Waals surface area contributed by atoms with Crippen LogP contribution in [0.2, 0.25) is 0 Å². The van der Waals surface area contributed by atoms with E-state index in [0.717, 1.165) is 61.4 Å². The summed E-state index contributed by atoms with van der Waals surface area (Å²) in [6, 6.07) is 73.7. The van der Waals surface area contributed by atoms with E-state index in [4.69, 9.17) is 9.98 Å². The van der Waals surface area contributed by atoms with Gasteiger partial charge < -0.3 is 5.32 Å². The molecule has 2 atom stereocenters. The number of aliphatic imine (C=N–C) groups is 1. The van der Waals surface area contributed by atoms with Crippen LogP contribution in [0.4, 0.5) is 0 Å². The van der Waals surface area contributed by atoms with Crippen LogP contribution in [0.1, 0.15) is 29.0 Å². The maximum absolute atomic E-state index is 5.37. The summed E-state index contributed by atoms with van der Waals surface area (Å²) in [7, 11) is 0. The maximum atomic E-state index is 5.37. The van der Waals surface area contributed by atoms with Crippen LogP contribution in [0.3, 0.4) is 0 Å². The summed E-state index contributed by atoms with van der Waals surface area (Å²) in [5, 5.41) is 16.0. The van der Waals surface area contributed by atoms with E-state index in [-0.39, 0.29) is 12.3 Å². The van der Waals surface area contributed by atoms with Gasteiger partial charge in [0.2, 0.25) is 0 Å². The van der Waals surface area contributed by atoms with Gasteiger partial charge in [0.25, 0.3) is 0 Å². The van der Waals surface area contributed by atoms with Gasteiger partial charge in [-0.05, 0) is 90.6 Å². The highest BCUT2D eigenvalue weighted by atomic mass is 15.3. The first-order chi connectivity index (χ1) is 28.7. The zero-order chi connectivity index (χ0) is 38.4. The quantitative estimate of drug-likeness (QED) is 0.167. The largest absolute Gasteiger partial charge is 0.350 e. The maximum Gasteiger partial charge on any atom is 0.131 e. The van der Waals surface area contributed by atoms with Gasteiger partial charge in [-0.25, -0.2) is 9.98 Å². The van der Waals surface area contributed by atoms with Gasteiger partial charge in [-0.2, -0.15) is 0 Å². The van der Waals surface area contributed by atoms with Crippen molar-refractivity contribution in [2.24, 2.45) is 4.99 Å². The average molecular weight is 743 g/mol. The van der Waals surface area contributed by atoms with E-state index in [0.29, 0.717) is 0 Å². The predicted octanol–water partition coefficient (Wildman–Crippen LogP) is 13.0. The lowest BCUT2D eigenvalue weighted by atomic mass is 9.89. The molecule has 274 valence electrons. The highest BCUT2D eigenvalue weighted by Gasteiger charge is 2.26. The summed E-state index contributed by atoms with van der Waals surface area (Å²) in [6.07, 6.45) is -0.462. The number of nitrogens with one attached hydrogen (secondary N) is 2. The monoisotopic (exact) mass is 742 g/mol. The molecule has 0 saturated heterocycles. The first kappa shape index (κ1) is 33.9. The van der Waals surface area contributed by atoms with Gasteiger partial charge in [0.05, 0.1) is 11.2 Å². The van der Waals surface area contributed by atoms with Gasteiger partial charge in [-0.3, -0.25) is 5.32 Å². The number of nitrogens with zero attached hydrogens (tertiary/aromatic N) is 2. The molecule has 1 aromatic heterocycles. The average Bonchev–Trinajstić information content (AvgIpc) is 3.31. The molecule has 58 heavy (non-hydrogen) atoms. The zero-order valence-corrected chi connectivity index (χ0v) is 31.7. The molecule has 4 heteroatoms. The molecule has 0 aliphatic carbocycles. The predicted molar refractivity (Wildman–Crippen MR) is 242 cm³/mol. The molecular weight excluding hydrogens is 705 g/mol. The summed E-state index contributed by atoms with van der Waals surface area (Å²) in [5.41, 5.74) is 11.0. The van der Waals surface area contributed by atoms with E-state index in [1.807, 2.05) is 6.07 Å². The van der Waals surface area contributed by atoms with Crippen molar-refractivity contribution in [2.45, 2.75) is 12.3 Å². The number of fused-ring (bicyclic) bond motifs is 6. The van der Waals surface area contributed by atoms with Crippen molar-refractivity contribution in [1.82, 2.24) is 15.6 Å². The number of amidine groups is 1. The number of rotatable bonds is 6. The molecule has 0 amide bonds. The Kier molecular flexibility index (Phi) is 8.34. The van der Waals surface area contributed by atoms with Gasteiger partial charge >= 0.3 is 0 Å². The third-order valence-electron chi connectivity index (χ3n) is 11.5. The number of hydrogen-bond acceptors (Lipinski definition) is 4. The first-order valence-electron chi connectivity index (χ1n) is 19.9. The lowest BCUT2D eigenvalue weighted by Crippen LogP contribution is -2.44. The number of hydrogen-bond donors (Lipinski definition) is 2. The fourth-order valence-electron chi connectivity index (χ4n) is 8.66. The third kappa shape index (κ3) is 6.08. The minimum absolute atomic E-state index is 0.143. The molecule has 0 bridgehead atoms. The molecule has 2 heterocycles. The fourth-order valence-corrected chi connectivity index (χ4v) is 8.66. The van der Waals surface area contributed by atoms with Crippen LogP contribution in [0.5, 0.6) is 0 Å². The molecule has 0 saturated carbocycles. The molecule has 9 aromatic carbocycles. The van der Waals surface area contributed by atoms with Crippen molar-refractivity contribution in [3.05, 3.63) is 223 Å². The molecule has 4 nitrogen and oxygen atoms in total. The Morgan fingerprint density at radius 3 is 1.74 bits per heavy atom. The van der Waals surface area contributed by atoms with Crippen LogP contribution in [0.15, 0.2) is 211 Å². The van der Waals surface area contributed by atoms with Crippen LogP contribution >= 0.6 is 0 Å². The SMILES string of the molecule is c1ccc(C2=NC(c3cc(-c4ccc(-c5nc6ccccc6c6ccccc56)cc4)cc(-c4cc5ccccc5c5ccccc45)c3)NC(c3ccccc3)N2)cc1. The Labute approximate surface area is 337 Å². The van der Waals surface area contributed by atoms with Gasteiger partial charge in [0.15, 0.2) is 0 Å². The second-order valence-electron chi connectivity index (χ2n) is 15.0. The molecule has 0 radical (unpaired) electrons. The minimum atomic E-state index is -0.320. The molecule has 1 aliphatic heterocycles. The van der Waals surface area contributed by atoms with Gasteiger partial charge in [-0.1, -0.05) is 176 Å². The van der Waals surface area contributed by atoms with E-state index >= 15 is 0 Å². The van der Waals surface area contributed by atoms with E-state index in [1.165, 1.54) is 37.9 Å². The zero-order valence-electron chi connectivity index (χ0n) is 31.7. The standard InChI is InChI=1S/C54H38N4/c1-3-15-37(16-4-1)52-56-53(38-17-5-2-6-18-38)58-54(57-52)42-32-40(31-41(33-42)49-34-39-19-7-8-20-43(39)44-21-9-10-22-45(44)49)35-27-29-36(30-28-35)51-48-25-12-11-23-46(48)47-24-13-14-26-50(47)55-51/h1-34,52,54,57H,(H,56,58). The molecule has 0 spiro atoms. The molecule has 11 rings (SSSR count). The Morgan fingerprint density at radius 1 is 0.379 bits per heavy atom. The van der Waals surface area contributed by atoms with Crippen LogP contribution < -0.4 is 10.6 Å². The Morgan fingerprint density at radius 2 is 0.966 bits per heavy atom. The number of aromatic nitrogens is 1. The van der Waals surface area contributed by atoms with E-state index < -0.39 is 0 Å². The van der Waals surface area contributed by atoms with E-state index in [2.05, 4.69) is 211 Å². The van der Waals surface area contributed by atoms with Gasteiger partial charge in [-0.15, -0.1) is 0 Å². The van der Waals surface area contributed by atoms with E-state index in [9.17, 15) is 0 Å². The van der Waals surface area contributed by atoms with Crippen LogP contribution in [0.25, 0.3) is 76.7 Å². The summed E-state index contributed by atoms with van der Waals surface area (Å²) in [6.45, 7) is 0. The van der Waals surface area contributed by atoms with Crippen LogP contribution in [-0.2, 0) is 0 Å². The highest BCUT2D eigenvalue weighted by Crippen LogP contribution is 2.40. The Bertz CT molecular complexity index is 3170. The Balaban J connectivity index is 1.09.